The molecule has 0 radical (unpaired) electrons. The second-order valence-electron chi connectivity index (χ2n) is 5.28. The maximum Gasteiger partial charge on any atom is 0.108 e. The molecule has 3 atom stereocenters. The molecule has 4 nitrogen and oxygen atoms in total. The number of hydrogen-bond donors (Lipinski definition) is 1. The Morgan fingerprint density at radius 1 is 1.59 bits per heavy atom. The summed E-state index contributed by atoms with van der Waals surface area (Å²) < 4.78 is 5.48. The van der Waals surface area contributed by atoms with E-state index in [4.69, 9.17) is 4.74 Å². The van der Waals surface area contributed by atoms with Crippen molar-refractivity contribution in [2.24, 2.45) is 0 Å². The maximum absolute atomic E-state index is 9.37. The van der Waals surface area contributed by atoms with Gasteiger partial charge in [-0.1, -0.05) is 6.92 Å². The fourth-order valence-electron chi connectivity index (χ4n) is 3.22. The number of morpholine rings is 1. The number of nitrogens with zero attached hydrogens (tertiary/aromatic N) is 2. The smallest absolute Gasteiger partial charge is 0.108 e. The van der Waals surface area contributed by atoms with E-state index in [1.807, 2.05) is 0 Å². The number of nitriles is 1. The summed E-state index contributed by atoms with van der Waals surface area (Å²) in [4.78, 5) is 2.53. The largest absolute Gasteiger partial charge is 0.379 e. The first kappa shape index (κ1) is 12.8. The van der Waals surface area contributed by atoms with Gasteiger partial charge in [0.05, 0.1) is 19.3 Å². The van der Waals surface area contributed by atoms with Gasteiger partial charge in [0.1, 0.15) is 5.54 Å². The topological polar surface area (TPSA) is 48.3 Å². The molecule has 1 aliphatic heterocycles. The van der Waals surface area contributed by atoms with Gasteiger partial charge in [-0.15, -0.1) is 0 Å². The third-order valence-electron chi connectivity index (χ3n) is 4.11. The molecule has 4 heteroatoms. The molecule has 0 amide bonds. The molecule has 2 fully saturated rings. The van der Waals surface area contributed by atoms with Crippen LogP contribution < -0.4 is 5.32 Å². The average molecular weight is 237 g/mol. The molecule has 2 aliphatic rings. The standard InChI is InChI=1S/C13H23N3O/c1-3-15-13(10-14)5-4-12(8-13)16-6-7-17-9-11(16)2/h11-12,15H,3-9H2,1-2H3. The molecular weight excluding hydrogens is 214 g/mol. The molecule has 0 aromatic heterocycles. The van der Waals surface area contributed by atoms with Crippen molar-refractivity contribution in [1.29, 1.82) is 5.26 Å². The van der Waals surface area contributed by atoms with E-state index in [0.717, 1.165) is 45.6 Å². The summed E-state index contributed by atoms with van der Waals surface area (Å²) in [6, 6.07) is 3.53. The van der Waals surface area contributed by atoms with Crippen LogP contribution in [0.15, 0.2) is 0 Å². The molecular formula is C13H23N3O. The highest BCUT2D eigenvalue weighted by Gasteiger charge is 2.42. The lowest BCUT2D eigenvalue weighted by Gasteiger charge is -2.38. The van der Waals surface area contributed by atoms with Crippen molar-refractivity contribution in [2.45, 2.75) is 50.7 Å². The van der Waals surface area contributed by atoms with Crippen LogP contribution in [0, 0.1) is 11.3 Å². The van der Waals surface area contributed by atoms with Crippen LogP contribution in [0.2, 0.25) is 0 Å². The molecule has 1 aliphatic carbocycles. The van der Waals surface area contributed by atoms with Gasteiger partial charge in [0.25, 0.3) is 0 Å². The quantitative estimate of drug-likeness (QED) is 0.799. The van der Waals surface area contributed by atoms with Crippen LogP contribution in [0.3, 0.4) is 0 Å². The van der Waals surface area contributed by atoms with Gasteiger partial charge in [0.15, 0.2) is 0 Å². The van der Waals surface area contributed by atoms with Crippen molar-refractivity contribution in [3.63, 3.8) is 0 Å². The second kappa shape index (κ2) is 5.34. The third kappa shape index (κ3) is 2.62. The molecule has 0 bridgehead atoms. The van der Waals surface area contributed by atoms with E-state index in [0.29, 0.717) is 12.1 Å². The normalized spacial score (nSPS) is 39.1. The summed E-state index contributed by atoms with van der Waals surface area (Å²) in [5, 5.41) is 12.7. The van der Waals surface area contributed by atoms with Crippen molar-refractivity contribution in [1.82, 2.24) is 10.2 Å². The Labute approximate surface area is 104 Å². The van der Waals surface area contributed by atoms with E-state index in [-0.39, 0.29) is 5.54 Å². The van der Waals surface area contributed by atoms with E-state index in [9.17, 15) is 5.26 Å². The highest BCUT2D eigenvalue weighted by atomic mass is 16.5. The second-order valence-corrected chi connectivity index (χ2v) is 5.28. The van der Waals surface area contributed by atoms with Gasteiger partial charge in [-0.2, -0.15) is 5.26 Å². The van der Waals surface area contributed by atoms with Gasteiger partial charge < -0.3 is 4.74 Å². The Kier molecular flexibility index (Phi) is 4.03. The van der Waals surface area contributed by atoms with Crippen molar-refractivity contribution < 1.29 is 4.74 Å². The maximum atomic E-state index is 9.37. The lowest BCUT2D eigenvalue weighted by Crippen LogP contribution is -2.50. The highest BCUT2D eigenvalue weighted by Crippen LogP contribution is 2.34. The molecule has 2 rings (SSSR count). The van der Waals surface area contributed by atoms with Gasteiger partial charge >= 0.3 is 0 Å². The van der Waals surface area contributed by atoms with E-state index in [1.165, 1.54) is 0 Å². The Bertz CT molecular complexity index is 302. The van der Waals surface area contributed by atoms with E-state index in [2.05, 4.69) is 30.1 Å². The monoisotopic (exact) mass is 237 g/mol. The molecule has 1 saturated heterocycles. The summed E-state index contributed by atoms with van der Waals surface area (Å²) in [5.41, 5.74) is -0.280. The lowest BCUT2D eigenvalue weighted by atomic mass is 9.99. The summed E-state index contributed by atoms with van der Waals surface area (Å²) in [6.07, 6.45) is 3.07. The van der Waals surface area contributed by atoms with Crippen molar-refractivity contribution in [3.05, 3.63) is 0 Å². The Balaban J connectivity index is 1.99. The van der Waals surface area contributed by atoms with Crippen molar-refractivity contribution in [3.8, 4) is 6.07 Å². The minimum absolute atomic E-state index is 0.280. The summed E-state index contributed by atoms with van der Waals surface area (Å²) in [6.45, 7) is 7.85. The van der Waals surface area contributed by atoms with Crippen LogP contribution in [0.5, 0.6) is 0 Å². The highest BCUT2D eigenvalue weighted by molar-refractivity contribution is 5.13. The third-order valence-corrected chi connectivity index (χ3v) is 4.11. The molecule has 0 aromatic rings. The number of rotatable bonds is 3. The fraction of sp³-hybridized carbons (Fsp3) is 0.923. The molecule has 0 aromatic carbocycles. The molecule has 17 heavy (non-hydrogen) atoms. The Morgan fingerprint density at radius 3 is 3.06 bits per heavy atom. The fourth-order valence-corrected chi connectivity index (χ4v) is 3.22. The zero-order valence-corrected chi connectivity index (χ0v) is 10.9. The summed E-state index contributed by atoms with van der Waals surface area (Å²) in [7, 11) is 0. The molecule has 0 spiro atoms. The Morgan fingerprint density at radius 2 is 2.41 bits per heavy atom. The van der Waals surface area contributed by atoms with Gasteiger partial charge in [0.2, 0.25) is 0 Å². The van der Waals surface area contributed by atoms with Gasteiger partial charge in [-0.25, -0.2) is 0 Å². The predicted molar refractivity (Wildman–Crippen MR) is 66.6 cm³/mol. The first-order chi connectivity index (χ1) is 8.21. The van der Waals surface area contributed by atoms with Gasteiger partial charge in [-0.05, 0) is 32.7 Å². The van der Waals surface area contributed by atoms with Crippen molar-refractivity contribution in [2.75, 3.05) is 26.3 Å². The first-order valence-electron chi connectivity index (χ1n) is 6.70. The minimum Gasteiger partial charge on any atom is -0.379 e. The molecule has 1 N–H and O–H groups in total. The molecule has 1 heterocycles. The summed E-state index contributed by atoms with van der Waals surface area (Å²) in [5.74, 6) is 0. The van der Waals surface area contributed by atoms with E-state index < -0.39 is 0 Å². The SMILES string of the molecule is CCNC1(C#N)CCC(N2CCOCC2C)C1. The van der Waals surface area contributed by atoms with Crippen LogP contribution in [0.25, 0.3) is 0 Å². The average Bonchev–Trinajstić information content (AvgIpc) is 2.75. The molecule has 1 saturated carbocycles. The predicted octanol–water partition coefficient (Wildman–Crippen LogP) is 1.13. The van der Waals surface area contributed by atoms with Gasteiger partial charge in [-0.3, -0.25) is 10.2 Å². The number of hydrogen-bond acceptors (Lipinski definition) is 4. The molecule has 3 unspecified atom stereocenters. The van der Waals surface area contributed by atoms with Crippen LogP contribution in [-0.4, -0.2) is 48.8 Å². The zero-order valence-electron chi connectivity index (χ0n) is 10.9. The van der Waals surface area contributed by atoms with Crippen LogP contribution in [-0.2, 0) is 4.74 Å². The van der Waals surface area contributed by atoms with Crippen molar-refractivity contribution >= 4 is 0 Å². The van der Waals surface area contributed by atoms with Gasteiger partial charge in [0, 0.05) is 18.6 Å². The lowest BCUT2D eigenvalue weighted by molar-refractivity contribution is -0.0214. The zero-order chi connectivity index (χ0) is 12.3. The molecule has 96 valence electrons. The number of ether oxygens (including phenoxy) is 1. The van der Waals surface area contributed by atoms with E-state index >= 15 is 0 Å². The number of nitrogens with one attached hydrogen (secondary N) is 1. The first-order valence-corrected chi connectivity index (χ1v) is 6.70. The minimum atomic E-state index is -0.280. The summed E-state index contributed by atoms with van der Waals surface area (Å²) >= 11 is 0. The van der Waals surface area contributed by atoms with Crippen LogP contribution >= 0.6 is 0 Å². The van der Waals surface area contributed by atoms with Crippen LogP contribution in [0.4, 0.5) is 0 Å². The van der Waals surface area contributed by atoms with Crippen LogP contribution in [0.1, 0.15) is 33.1 Å². The Hall–Kier alpha value is -0.630. The van der Waals surface area contributed by atoms with E-state index in [1.54, 1.807) is 0 Å².